The van der Waals surface area contributed by atoms with Crippen molar-refractivity contribution >= 4 is 0 Å². The zero-order chi connectivity index (χ0) is 19.1. The van der Waals surface area contributed by atoms with E-state index in [2.05, 4.69) is 78.8 Å². The number of unbranched alkanes of at least 4 members (excludes halogenated alkanes) is 6. The van der Waals surface area contributed by atoms with Crippen LogP contribution in [0.2, 0.25) is 0 Å². The Kier molecular flexibility index (Phi) is 13.9. The van der Waals surface area contributed by atoms with Gasteiger partial charge >= 0.3 is 0 Å². The van der Waals surface area contributed by atoms with Crippen LogP contribution in [0.5, 0.6) is 0 Å². The second kappa shape index (κ2) is 14.4. The number of hydrogen-bond donors (Lipinski definition) is 0. The van der Waals surface area contributed by atoms with Crippen LogP contribution in [0.15, 0.2) is 36.0 Å². The summed E-state index contributed by atoms with van der Waals surface area (Å²) in [5.41, 5.74) is 1.80. The van der Waals surface area contributed by atoms with Gasteiger partial charge in [-0.05, 0) is 49.0 Å². The van der Waals surface area contributed by atoms with Crippen LogP contribution in [0.4, 0.5) is 0 Å². The Morgan fingerprint density at radius 1 is 0.840 bits per heavy atom. The van der Waals surface area contributed by atoms with Crippen LogP contribution >= 0.6 is 0 Å². The zero-order valence-electron chi connectivity index (χ0n) is 18.4. The van der Waals surface area contributed by atoms with E-state index in [0.717, 1.165) is 0 Å². The molecule has 0 saturated carbocycles. The molecule has 0 amide bonds. The standard InChI is InChI=1S/C25H46/c1-8-11-13-15-17-19-23(22(4)10-3)21-24(25(5,6)7)20-18-16-14-12-9-2/h17-22,24H,8-16H2,1-7H3. The summed E-state index contributed by atoms with van der Waals surface area (Å²) in [4.78, 5) is 0. The molecule has 0 aliphatic heterocycles. The van der Waals surface area contributed by atoms with E-state index in [1.54, 1.807) is 0 Å². The highest BCUT2D eigenvalue weighted by Crippen LogP contribution is 2.31. The minimum absolute atomic E-state index is 0.274. The molecule has 0 aliphatic carbocycles. The quantitative estimate of drug-likeness (QED) is 0.177. The summed E-state index contributed by atoms with van der Waals surface area (Å²) >= 11 is 0. The molecule has 0 spiro atoms. The van der Waals surface area contributed by atoms with Crippen molar-refractivity contribution < 1.29 is 0 Å². The summed E-state index contributed by atoms with van der Waals surface area (Å²) in [6, 6.07) is 0. The van der Waals surface area contributed by atoms with Crippen molar-refractivity contribution in [3.8, 4) is 0 Å². The molecular formula is C25H46. The summed E-state index contributed by atoms with van der Waals surface area (Å²) in [5.74, 6) is 1.15. The van der Waals surface area contributed by atoms with Crippen molar-refractivity contribution in [3.63, 3.8) is 0 Å². The van der Waals surface area contributed by atoms with Crippen molar-refractivity contribution in [2.75, 3.05) is 0 Å². The van der Waals surface area contributed by atoms with Crippen LogP contribution in [0.3, 0.4) is 0 Å². The Hall–Kier alpha value is -0.780. The molecule has 2 unspecified atom stereocenters. The number of rotatable bonds is 13. The van der Waals surface area contributed by atoms with Gasteiger partial charge in [0.2, 0.25) is 0 Å². The van der Waals surface area contributed by atoms with E-state index in [1.807, 2.05) is 0 Å². The zero-order valence-corrected chi connectivity index (χ0v) is 18.4. The minimum atomic E-state index is 0.274. The molecule has 0 N–H and O–H groups in total. The van der Waals surface area contributed by atoms with Crippen LogP contribution in [0, 0.1) is 17.3 Å². The van der Waals surface area contributed by atoms with E-state index in [0.29, 0.717) is 11.8 Å². The van der Waals surface area contributed by atoms with Gasteiger partial charge in [0.1, 0.15) is 0 Å². The third kappa shape index (κ3) is 12.2. The van der Waals surface area contributed by atoms with Crippen molar-refractivity contribution in [1.29, 1.82) is 0 Å². The molecule has 0 aliphatic rings. The van der Waals surface area contributed by atoms with Gasteiger partial charge < -0.3 is 0 Å². The molecule has 2 atom stereocenters. The van der Waals surface area contributed by atoms with Crippen LogP contribution in [0.25, 0.3) is 0 Å². The first-order chi connectivity index (χ1) is 11.9. The fourth-order valence-electron chi connectivity index (χ4n) is 2.91. The van der Waals surface area contributed by atoms with E-state index >= 15 is 0 Å². The molecule has 0 heteroatoms. The summed E-state index contributed by atoms with van der Waals surface area (Å²) in [6.45, 7) is 16.3. The van der Waals surface area contributed by atoms with Gasteiger partial charge in [0.25, 0.3) is 0 Å². The average molecular weight is 347 g/mol. The molecule has 0 radical (unpaired) electrons. The molecule has 25 heavy (non-hydrogen) atoms. The van der Waals surface area contributed by atoms with Crippen LogP contribution in [-0.2, 0) is 0 Å². The van der Waals surface area contributed by atoms with Gasteiger partial charge in [-0.15, -0.1) is 0 Å². The maximum atomic E-state index is 2.54. The first kappa shape index (κ1) is 24.2. The highest BCUT2D eigenvalue weighted by Gasteiger charge is 2.21. The number of allylic oxidation sites excluding steroid dienone is 6. The second-order valence-electron chi connectivity index (χ2n) is 8.69. The Morgan fingerprint density at radius 3 is 1.88 bits per heavy atom. The maximum absolute atomic E-state index is 2.54. The van der Waals surface area contributed by atoms with E-state index in [4.69, 9.17) is 0 Å². The average Bonchev–Trinajstić information content (AvgIpc) is 2.57. The topological polar surface area (TPSA) is 0 Å². The lowest BCUT2D eigenvalue weighted by atomic mass is 9.78. The first-order valence-corrected chi connectivity index (χ1v) is 10.9. The molecule has 0 nitrogen and oxygen atoms in total. The molecule has 0 rings (SSSR count). The SMILES string of the molecule is CCCCCC=CC(=CC(C=CCCCCC)C(C)(C)C)C(C)CC. The van der Waals surface area contributed by atoms with Crippen LogP contribution in [0.1, 0.15) is 106 Å². The van der Waals surface area contributed by atoms with E-state index in [-0.39, 0.29) is 5.41 Å². The molecular weight excluding hydrogens is 300 g/mol. The molecule has 0 heterocycles. The number of hydrogen-bond acceptors (Lipinski definition) is 0. The molecule has 0 aromatic heterocycles. The molecule has 0 aromatic rings. The van der Waals surface area contributed by atoms with Crippen molar-refractivity contribution in [1.82, 2.24) is 0 Å². The van der Waals surface area contributed by atoms with Gasteiger partial charge in [-0.1, -0.05) is 105 Å². The maximum Gasteiger partial charge on any atom is 0.000104 e. The largest absolute Gasteiger partial charge is 0.0879 e. The third-order valence-electron chi connectivity index (χ3n) is 5.16. The fraction of sp³-hybridized carbons (Fsp3) is 0.760. The van der Waals surface area contributed by atoms with Crippen molar-refractivity contribution in [2.24, 2.45) is 17.3 Å². The Balaban J connectivity index is 5.11. The summed E-state index contributed by atoms with van der Waals surface area (Å²) < 4.78 is 0. The predicted molar refractivity (Wildman–Crippen MR) is 117 cm³/mol. The van der Waals surface area contributed by atoms with Crippen molar-refractivity contribution in [3.05, 3.63) is 36.0 Å². The van der Waals surface area contributed by atoms with Crippen LogP contribution in [-0.4, -0.2) is 0 Å². The second-order valence-corrected chi connectivity index (χ2v) is 8.69. The Labute approximate surface area is 159 Å². The minimum Gasteiger partial charge on any atom is -0.0879 e. The molecule has 146 valence electrons. The first-order valence-electron chi connectivity index (χ1n) is 10.9. The van der Waals surface area contributed by atoms with E-state index in [1.165, 1.54) is 63.4 Å². The molecule has 0 fully saturated rings. The normalized spacial score (nSPS) is 16.0. The smallest absolute Gasteiger partial charge is 0.000104 e. The van der Waals surface area contributed by atoms with Gasteiger partial charge in [-0.2, -0.15) is 0 Å². The third-order valence-corrected chi connectivity index (χ3v) is 5.16. The lowest BCUT2D eigenvalue weighted by Gasteiger charge is -2.27. The molecule has 0 bridgehead atoms. The summed E-state index contributed by atoms with van der Waals surface area (Å²) in [5, 5.41) is 0. The fourth-order valence-corrected chi connectivity index (χ4v) is 2.91. The van der Waals surface area contributed by atoms with E-state index < -0.39 is 0 Å². The van der Waals surface area contributed by atoms with Gasteiger partial charge in [-0.3, -0.25) is 0 Å². The lowest BCUT2D eigenvalue weighted by molar-refractivity contribution is 0.341. The predicted octanol–water partition coefficient (Wildman–Crippen LogP) is 8.89. The summed E-state index contributed by atoms with van der Waals surface area (Å²) in [6.07, 6.45) is 23.8. The Bertz CT molecular complexity index is 389. The highest BCUT2D eigenvalue weighted by molar-refractivity contribution is 5.25. The van der Waals surface area contributed by atoms with E-state index in [9.17, 15) is 0 Å². The lowest BCUT2D eigenvalue weighted by Crippen LogP contribution is -2.17. The van der Waals surface area contributed by atoms with Gasteiger partial charge in [0, 0.05) is 5.92 Å². The van der Waals surface area contributed by atoms with Gasteiger partial charge in [0.15, 0.2) is 0 Å². The molecule has 0 aromatic carbocycles. The van der Waals surface area contributed by atoms with Crippen molar-refractivity contribution in [2.45, 2.75) is 106 Å². The van der Waals surface area contributed by atoms with Gasteiger partial charge in [-0.25, -0.2) is 0 Å². The monoisotopic (exact) mass is 346 g/mol. The summed E-state index contributed by atoms with van der Waals surface area (Å²) in [7, 11) is 0. The van der Waals surface area contributed by atoms with Gasteiger partial charge in [0.05, 0.1) is 0 Å². The van der Waals surface area contributed by atoms with Crippen LogP contribution < -0.4 is 0 Å². The molecule has 0 saturated heterocycles. The Morgan fingerprint density at radius 2 is 1.40 bits per heavy atom. The highest BCUT2D eigenvalue weighted by atomic mass is 14.3.